The Morgan fingerprint density at radius 3 is 2.67 bits per heavy atom. The number of nitrogens with zero attached hydrogens (tertiary/aromatic N) is 1. The molecule has 0 spiro atoms. The van der Waals surface area contributed by atoms with Gasteiger partial charge in [0.15, 0.2) is 0 Å². The van der Waals surface area contributed by atoms with Crippen molar-refractivity contribution in [2.45, 2.75) is 25.9 Å². The zero-order valence-corrected chi connectivity index (χ0v) is 17.0. The lowest BCUT2D eigenvalue weighted by atomic mass is 9.90. The Bertz CT molecular complexity index is 949. The summed E-state index contributed by atoms with van der Waals surface area (Å²) in [5.74, 6) is -0.0845. The molecule has 1 amide bonds. The molecule has 7 nitrogen and oxygen atoms in total. The van der Waals surface area contributed by atoms with Crippen molar-refractivity contribution in [2.24, 2.45) is 5.92 Å². The molecule has 156 valence electrons. The molecule has 0 saturated carbocycles. The molecule has 2 unspecified atom stereocenters. The molecular formula is C23H24N2O5. The molecule has 0 fully saturated rings. The van der Waals surface area contributed by atoms with Gasteiger partial charge in [0.05, 0.1) is 37.4 Å². The van der Waals surface area contributed by atoms with Crippen molar-refractivity contribution in [3.63, 3.8) is 0 Å². The maximum absolute atomic E-state index is 12.5. The molecular weight excluding hydrogens is 384 g/mol. The first kappa shape index (κ1) is 21.3. The van der Waals surface area contributed by atoms with Crippen LogP contribution in [-0.2, 0) is 14.3 Å². The Kier molecular flexibility index (Phi) is 7.04. The van der Waals surface area contributed by atoms with Crippen LogP contribution >= 0.6 is 0 Å². The summed E-state index contributed by atoms with van der Waals surface area (Å²) >= 11 is 0. The fraction of sp³-hybridized carbons (Fsp3) is 0.348. The zero-order chi connectivity index (χ0) is 21.5. The highest BCUT2D eigenvalue weighted by Crippen LogP contribution is 2.40. The van der Waals surface area contributed by atoms with E-state index in [2.05, 4.69) is 5.32 Å². The van der Waals surface area contributed by atoms with Crippen LogP contribution in [0.5, 0.6) is 5.75 Å². The number of rotatable bonds is 7. The number of anilines is 1. The van der Waals surface area contributed by atoms with E-state index >= 15 is 0 Å². The van der Waals surface area contributed by atoms with E-state index in [9.17, 15) is 9.59 Å². The molecule has 3 rings (SSSR count). The Morgan fingerprint density at radius 2 is 2.00 bits per heavy atom. The predicted molar refractivity (Wildman–Crippen MR) is 110 cm³/mol. The van der Waals surface area contributed by atoms with E-state index in [1.54, 1.807) is 49.6 Å². The fourth-order valence-corrected chi connectivity index (χ4v) is 3.39. The number of esters is 1. The summed E-state index contributed by atoms with van der Waals surface area (Å²) in [7, 11) is 1.59. The third-order valence-corrected chi connectivity index (χ3v) is 4.88. The summed E-state index contributed by atoms with van der Waals surface area (Å²) in [6.45, 7) is 2.69. The topological polar surface area (TPSA) is 97.6 Å². The zero-order valence-electron chi connectivity index (χ0n) is 17.0. The molecule has 1 aliphatic heterocycles. The third kappa shape index (κ3) is 4.97. The number of nitrogens with one attached hydrogen (secondary N) is 1. The quantitative estimate of drug-likeness (QED) is 0.699. The van der Waals surface area contributed by atoms with Gasteiger partial charge in [-0.2, -0.15) is 5.26 Å². The van der Waals surface area contributed by atoms with Crippen LogP contribution in [0.15, 0.2) is 42.5 Å². The molecule has 1 aliphatic rings. The Hall–Kier alpha value is -3.37. The van der Waals surface area contributed by atoms with Gasteiger partial charge in [0.1, 0.15) is 5.75 Å². The van der Waals surface area contributed by atoms with Gasteiger partial charge in [0.25, 0.3) is 5.91 Å². The average Bonchev–Trinajstić information content (AvgIpc) is 2.77. The molecule has 2 aromatic rings. The second-order valence-corrected chi connectivity index (χ2v) is 7.05. The van der Waals surface area contributed by atoms with Crippen LogP contribution in [0.1, 0.15) is 47.4 Å². The van der Waals surface area contributed by atoms with Gasteiger partial charge in [0, 0.05) is 29.8 Å². The van der Waals surface area contributed by atoms with Crippen LogP contribution in [-0.4, -0.2) is 32.2 Å². The number of fused-ring (bicyclic) bond motifs is 1. The van der Waals surface area contributed by atoms with Crippen LogP contribution in [0.25, 0.3) is 0 Å². The van der Waals surface area contributed by atoms with Crippen LogP contribution in [0.2, 0.25) is 0 Å². The molecule has 2 atom stereocenters. The lowest BCUT2D eigenvalue weighted by Crippen LogP contribution is -2.30. The number of hydrogen-bond acceptors (Lipinski definition) is 6. The maximum Gasteiger partial charge on any atom is 0.306 e. The summed E-state index contributed by atoms with van der Waals surface area (Å²) in [5, 5.41) is 11.7. The van der Waals surface area contributed by atoms with Crippen molar-refractivity contribution in [3.8, 4) is 11.8 Å². The van der Waals surface area contributed by atoms with Crippen molar-refractivity contribution in [1.82, 2.24) is 0 Å². The minimum atomic E-state index is -0.352. The van der Waals surface area contributed by atoms with Crippen LogP contribution < -0.4 is 10.1 Å². The van der Waals surface area contributed by atoms with E-state index in [4.69, 9.17) is 19.5 Å². The number of hydrogen-bond donors (Lipinski definition) is 1. The molecule has 2 aromatic carbocycles. The van der Waals surface area contributed by atoms with E-state index in [-0.39, 0.29) is 30.3 Å². The van der Waals surface area contributed by atoms with Crippen molar-refractivity contribution < 1.29 is 23.8 Å². The summed E-state index contributed by atoms with van der Waals surface area (Å²) in [4.78, 5) is 24.6. The number of benzene rings is 2. The van der Waals surface area contributed by atoms with Crippen molar-refractivity contribution >= 4 is 17.6 Å². The first-order chi connectivity index (χ1) is 14.5. The summed E-state index contributed by atoms with van der Waals surface area (Å²) < 4.78 is 16.7. The second-order valence-electron chi connectivity index (χ2n) is 7.05. The smallest absolute Gasteiger partial charge is 0.306 e. The van der Waals surface area contributed by atoms with E-state index < -0.39 is 0 Å². The van der Waals surface area contributed by atoms with Gasteiger partial charge in [-0.15, -0.1) is 0 Å². The largest absolute Gasteiger partial charge is 0.493 e. The van der Waals surface area contributed by atoms with E-state index in [0.717, 1.165) is 12.0 Å². The summed E-state index contributed by atoms with van der Waals surface area (Å²) in [6.07, 6.45) is 0.612. The number of ether oxygens (including phenoxy) is 3. The minimum Gasteiger partial charge on any atom is -0.493 e. The van der Waals surface area contributed by atoms with Gasteiger partial charge >= 0.3 is 5.97 Å². The molecule has 0 aliphatic carbocycles. The van der Waals surface area contributed by atoms with Gasteiger partial charge < -0.3 is 19.5 Å². The van der Waals surface area contributed by atoms with Gasteiger partial charge in [-0.3, -0.25) is 9.59 Å². The highest BCUT2D eigenvalue weighted by molar-refractivity contribution is 6.04. The van der Waals surface area contributed by atoms with Crippen molar-refractivity contribution in [3.05, 3.63) is 59.2 Å². The molecule has 1 N–H and O–H groups in total. The predicted octanol–water partition coefficient (Wildman–Crippen LogP) is 3.85. The standard InChI is InChI=1S/C23H24N2O5/c1-3-10-29-21(26)11-17-14-30-20-9-8-18(12-19(20)22(17)28-2)25-23(27)16-6-4-15(13-24)5-7-16/h4-9,12,17,22H,3,10-11,14H2,1-2H3,(H,25,27). The SMILES string of the molecule is CCCOC(=O)CC1COc2ccc(NC(=O)c3ccc(C#N)cc3)cc2C1OC. The van der Waals surface area contributed by atoms with E-state index in [0.29, 0.717) is 35.8 Å². The fourth-order valence-electron chi connectivity index (χ4n) is 3.39. The molecule has 0 bridgehead atoms. The monoisotopic (exact) mass is 408 g/mol. The Labute approximate surface area is 175 Å². The average molecular weight is 408 g/mol. The van der Waals surface area contributed by atoms with Crippen LogP contribution in [0.3, 0.4) is 0 Å². The van der Waals surface area contributed by atoms with E-state index in [1.807, 2.05) is 13.0 Å². The molecule has 0 aromatic heterocycles. The van der Waals surface area contributed by atoms with Gasteiger partial charge in [-0.1, -0.05) is 6.92 Å². The van der Waals surface area contributed by atoms with E-state index in [1.165, 1.54) is 0 Å². The first-order valence-corrected chi connectivity index (χ1v) is 9.82. The van der Waals surface area contributed by atoms with Crippen LogP contribution in [0.4, 0.5) is 5.69 Å². The second kappa shape index (κ2) is 9.90. The van der Waals surface area contributed by atoms with Gasteiger partial charge in [0.2, 0.25) is 0 Å². The number of nitriles is 1. The molecule has 7 heteroatoms. The van der Waals surface area contributed by atoms with Crippen molar-refractivity contribution in [2.75, 3.05) is 25.6 Å². The number of carbonyl (C=O) groups excluding carboxylic acids is 2. The lowest BCUT2D eigenvalue weighted by molar-refractivity contribution is -0.147. The van der Waals surface area contributed by atoms with Crippen LogP contribution in [0, 0.1) is 17.2 Å². The first-order valence-electron chi connectivity index (χ1n) is 9.82. The lowest BCUT2D eigenvalue weighted by Gasteiger charge is -2.32. The molecule has 0 saturated heterocycles. The third-order valence-electron chi connectivity index (χ3n) is 4.88. The minimum absolute atomic E-state index is 0.184. The number of amides is 1. The maximum atomic E-state index is 12.5. The highest BCUT2D eigenvalue weighted by atomic mass is 16.5. The van der Waals surface area contributed by atoms with Crippen molar-refractivity contribution in [1.29, 1.82) is 5.26 Å². The molecule has 1 heterocycles. The summed E-state index contributed by atoms with van der Waals surface area (Å²) in [5.41, 5.74) is 2.30. The number of methoxy groups -OCH3 is 1. The highest BCUT2D eigenvalue weighted by Gasteiger charge is 2.33. The number of carbonyl (C=O) groups is 2. The summed E-state index contributed by atoms with van der Waals surface area (Å²) in [6, 6.07) is 13.8. The normalized spacial score (nSPS) is 17.2. The van der Waals surface area contributed by atoms with Gasteiger partial charge in [-0.25, -0.2) is 0 Å². The Balaban J connectivity index is 1.74. The Morgan fingerprint density at radius 1 is 1.23 bits per heavy atom. The molecule has 30 heavy (non-hydrogen) atoms. The van der Waals surface area contributed by atoms with Gasteiger partial charge in [-0.05, 0) is 48.9 Å². The molecule has 0 radical (unpaired) electrons.